The second-order valence-electron chi connectivity index (χ2n) is 5.03. The Bertz CT molecular complexity index is 715. The Balaban J connectivity index is 1.95. The summed E-state index contributed by atoms with van der Waals surface area (Å²) in [6.07, 6.45) is 1.07. The summed E-state index contributed by atoms with van der Waals surface area (Å²) in [5.41, 5.74) is 1.55. The lowest BCUT2D eigenvalue weighted by molar-refractivity contribution is -0.136. The number of hydrogen-bond acceptors (Lipinski definition) is 2. The first kappa shape index (κ1) is 14.0. The Morgan fingerprint density at radius 1 is 1.48 bits per heavy atom. The quantitative estimate of drug-likeness (QED) is 0.941. The third-order valence-corrected chi connectivity index (χ3v) is 3.64. The Kier molecular flexibility index (Phi) is 3.20. The molecule has 2 aromatic rings. The number of nitrogens with zero attached hydrogens (tertiary/aromatic N) is 2. The van der Waals surface area contributed by atoms with Crippen LogP contribution >= 0.6 is 11.6 Å². The first-order chi connectivity index (χ1) is 9.87. The number of hydrogen-bond donors (Lipinski definition) is 1. The highest BCUT2D eigenvalue weighted by Crippen LogP contribution is 2.52. The molecule has 0 bridgehead atoms. The van der Waals surface area contributed by atoms with Crippen LogP contribution in [0.4, 0.5) is 8.78 Å². The highest BCUT2D eigenvalue weighted by atomic mass is 35.5. The van der Waals surface area contributed by atoms with Gasteiger partial charge in [-0.1, -0.05) is 17.7 Å². The van der Waals surface area contributed by atoms with E-state index in [1.165, 1.54) is 10.9 Å². The third kappa shape index (κ3) is 2.76. The largest absolute Gasteiger partial charge is 0.481 e. The van der Waals surface area contributed by atoms with Gasteiger partial charge in [-0.05, 0) is 23.8 Å². The van der Waals surface area contributed by atoms with Crippen LogP contribution in [0.1, 0.15) is 18.0 Å². The Hall–Kier alpha value is -1.95. The van der Waals surface area contributed by atoms with E-state index in [1.54, 1.807) is 24.3 Å². The van der Waals surface area contributed by atoms with Crippen LogP contribution in [0.3, 0.4) is 0 Å². The zero-order valence-electron chi connectivity index (χ0n) is 10.8. The average Bonchev–Trinajstić information content (AvgIpc) is 2.83. The Morgan fingerprint density at radius 2 is 2.19 bits per heavy atom. The molecule has 1 N–H and O–H groups in total. The minimum Gasteiger partial charge on any atom is -0.481 e. The molecule has 1 aromatic carbocycles. The summed E-state index contributed by atoms with van der Waals surface area (Å²) in [7, 11) is 0. The summed E-state index contributed by atoms with van der Waals surface area (Å²) in [6.45, 7) is 0. The van der Waals surface area contributed by atoms with Gasteiger partial charge in [0.1, 0.15) is 6.04 Å². The highest BCUT2D eigenvalue weighted by molar-refractivity contribution is 6.30. The van der Waals surface area contributed by atoms with E-state index in [1.807, 2.05) is 0 Å². The zero-order valence-corrected chi connectivity index (χ0v) is 11.5. The lowest BCUT2D eigenvalue weighted by atomic mass is 10.0. The van der Waals surface area contributed by atoms with Crippen molar-refractivity contribution in [1.82, 2.24) is 9.78 Å². The van der Waals surface area contributed by atoms with Gasteiger partial charge < -0.3 is 5.11 Å². The molecule has 1 atom stereocenters. The van der Waals surface area contributed by atoms with Crippen molar-refractivity contribution in [2.24, 2.45) is 0 Å². The molecule has 1 fully saturated rings. The molecule has 0 aliphatic heterocycles. The third-order valence-electron chi connectivity index (χ3n) is 3.41. The molecule has 3 rings (SSSR count). The smallest absolute Gasteiger partial charge is 0.307 e. The van der Waals surface area contributed by atoms with E-state index in [0.29, 0.717) is 21.8 Å². The molecule has 7 heteroatoms. The van der Waals surface area contributed by atoms with Crippen molar-refractivity contribution in [1.29, 1.82) is 0 Å². The molecule has 1 aliphatic carbocycles. The standard InChI is InChI=1S/C14H11ClF2N2O2/c15-9-1-2-10(8(5-9)6-13(20)21)11-3-4-19(18-11)12-7-14(12,16)17/h1-5,12H,6-7H2,(H,20,21). The molecule has 0 spiro atoms. The Morgan fingerprint density at radius 3 is 2.81 bits per heavy atom. The van der Waals surface area contributed by atoms with Crippen LogP contribution < -0.4 is 0 Å². The monoisotopic (exact) mass is 312 g/mol. The maximum absolute atomic E-state index is 13.0. The molecule has 110 valence electrons. The number of benzene rings is 1. The first-order valence-corrected chi connectivity index (χ1v) is 6.68. The minimum absolute atomic E-state index is 0.206. The van der Waals surface area contributed by atoms with Crippen LogP contribution in [0, 0.1) is 0 Å². The van der Waals surface area contributed by atoms with Crippen molar-refractivity contribution in [2.75, 3.05) is 0 Å². The number of rotatable bonds is 4. The number of halogens is 3. The summed E-state index contributed by atoms with van der Waals surface area (Å²) in [5, 5.41) is 13.5. The highest BCUT2D eigenvalue weighted by Gasteiger charge is 2.59. The number of carboxylic acid groups (broad SMARTS) is 1. The van der Waals surface area contributed by atoms with Gasteiger partial charge in [-0.25, -0.2) is 8.78 Å². The van der Waals surface area contributed by atoms with Crippen LogP contribution in [-0.4, -0.2) is 26.8 Å². The van der Waals surface area contributed by atoms with E-state index in [0.717, 1.165) is 0 Å². The van der Waals surface area contributed by atoms with Gasteiger partial charge in [0.05, 0.1) is 12.1 Å². The van der Waals surface area contributed by atoms with Crippen molar-refractivity contribution in [2.45, 2.75) is 24.8 Å². The number of carbonyl (C=O) groups is 1. The van der Waals surface area contributed by atoms with Gasteiger partial charge in [0.2, 0.25) is 0 Å². The fraction of sp³-hybridized carbons (Fsp3) is 0.286. The predicted octanol–water partition coefficient (Wildman–Crippen LogP) is 3.41. The predicted molar refractivity (Wildman–Crippen MR) is 72.6 cm³/mol. The molecule has 0 radical (unpaired) electrons. The molecular weight excluding hydrogens is 302 g/mol. The summed E-state index contributed by atoms with van der Waals surface area (Å²) < 4.78 is 27.3. The molecule has 0 saturated heterocycles. The van der Waals surface area contributed by atoms with Gasteiger partial charge >= 0.3 is 5.97 Å². The van der Waals surface area contributed by atoms with Gasteiger partial charge in [-0.2, -0.15) is 5.10 Å². The van der Waals surface area contributed by atoms with Crippen LogP contribution in [0.25, 0.3) is 11.3 Å². The van der Waals surface area contributed by atoms with Gasteiger partial charge in [0.25, 0.3) is 5.92 Å². The lowest BCUT2D eigenvalue weighted by Gasteiger charge is -2.06. The molecule has 1 aliphatic rings. The molecular formula is C14H11ClF2N2O2. The van der Waals surface area contributed by atoms with Gasteiger partial charge in [0.15, 0.2) is 0 Å². The van der Waals surface area contributed by atoms with Gasteiger partial charge in [-0.15, -0.1) is 0 Å². The fourth-order valence-corrected chi connectivity index (χ4v) is 2.46. The van der Waals surface area contributed by atoms with E-state index >= 15 is 0 Å². The molecule has 1 unspecified atom stereocenters. The summed E-state index contributed by atoms with van der Waals surface area (Å²) in [4.78, 5) is 10.9. The second-order valence-corrected chi connectivity index (χ2v) is 5.47. The van der Waals surface area contributed by atoms with Crippen molar-refractivity contribution in [3.8, 4) is 11.3 Å². The number of alkyl halides is 2. The molecule has 0 amide bonds. The summed E-state index contributed by atoms with van der Waals surface area (Å²) in [6, 6.07) is 5.52. The normalized spacial score (nSPS) is 19.5. The van der Waals surface area contributed by atoms with E-state index < -0.39 is 17.9 Å². The van der Waals surface area contributed by atoms with Crippen LogP contribution in [0.5, 0.6) is 0 Å². The number of aromatic nitrogens is 2. The summed E-state index contributed by atoms with van der Waals surface area (Å²) in [5.74, 6) is -3.70. The topological polar surface area (TPSA) is 55.1 Å². The van der Waals surface area contributed by atoms with Gasteiger partial charge in [0, 0.05) is 23.2 Å². The van der Waals surface area contributed by atoms with E-state index in [4.69, 9.17) is 16.7 Å². The molecule has 1 saturated carbocycles. The average molecular weight is 313 g/mol. The number of carboxylic acids is 1. The van der Waals surface area contributed by atoms with E-state index in [-0.39, 0.29) is 12.8 Å². The molecule has 4 nitrogen and oxygen atoms in total. The second kappa shape index (κ2) is 4.80. The van der Waals surface area contributed by atoms with E-state index in [2.05, 4.69) is 5.10 Å². The van der Waals surface area contributed by atoms with E-state index in [9.17, 15) is 13.6 Å². The van der Waals surface area contributed by atoms with Gasteiger partial charge in [-0.3, -0.25) is 9.48 Å². The minimum atomic E-state index is -2.70. The maximum atomic E-state index is 13.0. The Labute approximate surface area is 124 Å². The van der Waals surface area contributed by atoms with Crippen molar-refractivity contribution in [3.05, 3.63) is 41.0 Å². The molecule has 21 heavy (non-hydrogen) atoms. The molecule has 1 aromatic heterocycles. The zero-order chi connectivity index (χ0) is 15.2. The van der Waals surface area contributed by atoms with Crippen LogP contribution in [0.2, 0.25) is 5.02 Å². The van der Waals surface area contributed by atoms with Crippen LogP contribution in [0.15, 0.2) is 30.5 Å². The lowest BCUT2D eigenvalue weighted by Crippen LogP contribution is -2.04. The summed E-state index contributed by atoms with van der Waals surface area (Å²) >= 11 is 5.87. The number of aliphatic carboxylic acids is 1. The fourth-order valence-electron chi connectivity index (χ4n) is 2.26. The van der Waals surface area contributed by atoms with Crippen molar-refractivity contribution in [3.63, 3.8) is 0 Å². The maximum Gasteiger partial charge on any atom is 0.307 e. The van der Waals surface area contributed by atoms with Crippen molar-refractivity contribution >= 4 is 17.6 Å². The van der Waals surface area contributed by atoms with Crippen LogP contribution in [-0.2, 0) is 11.2 Å². The molecule has 1 heterocycles. The first-order valence-electron chi connectivity index (χ1n) is 6.30. The SMILES string of the molecule is O=C(O)Cc1cc(Cl)ccc1-c1ccn(C2CC2(F)F)n1. The van der Waals surface area contributed by atoms with Crippen molar-refractivity contribution < 1.29 is 18.7 Å².